The molecule has 7 N–H and O–H groups in total. The molecule has 0 unspecified atom stereocenters. The van der Waals surface area contributed by atoms with Crippen LogP contribution >= 0.6 is 6.72 Å². The number of aromatic nitrogens is 4. The van der Waals surface area contributed by atoms with Gasteiger partial charge in [0.1, 0.15) is 36.6 Å². The van der Waals surface area contributed by atoms with Crippen molar-refractivity contribution in [2.24, 2.45) is 0 Å². The van der Waals surface area contributed by atoms with E-state index < -0.39 is 91.5 Å². The number of nitrogens with one attached hydrogen (secondary N) is 2. The summed E-state index contributed by atoms with van der Waals surface area (Å²) in [6.07, 6.45) is -9.44. The van der Waals surface area contributed by atoms with Gasteiger partial charge in [0.2, 0.25) is 0 Å². The van der Waals surface area contributed by atoms with E-state index in [0.717, 1.165) is 33.7 Å². The van der Waals surface area contributed by atoms with Crippen LogP contribution in [0.25, 0.3) is 0 Å². The maximum Gasteiger partial charge on any atom is 0.330 e. The van der Waals surface area contributed by atoms with Gasteiger partial charge in [-0.05, 0) is 11.8 Å². The van der Waals surface area contributed by atoms with Crippen LogP contribution in [0.5, 0.6) is 0 Å². The number of ether oxygens (including phenoxy) is 2. The quantitative estimate of drug-likeness (QED) is 0.149. The zero-order valence-corrected chi connectivity index (χ0v) is 20.3. The van der Waals surface area contributed by atoms with E-state index in [-0.39, 0.29) is 0 Å². The molecular weight excluding hydrogens is 543 g/mol. The topological polar surface area (TPSA) is 248 Å². The summed E-state index contributed by atoms with van der Waals surface area (Å²) in [5.41, 5.74) is -3.12. The molecule has 0 bridgehead atoms. The van der Waals surface area contributed by atoms with E-state index in [1.165, 1.54) is 0 Å². The third-order valence-corrected chi connectivity index (χ3v) is 7.31. The average Bonchev–Trinajstić information content (AvgIpc) is 3.27. The summed E-state index contributed by atoms with van der Waals surface area (Å²) in [5.74, 6) is 0. The van der Waals surface area contributed by atoms with E-state index in [9.17, 15) is 44.5 Å². The summed E-state index contributed by atoms with van der Waals surface area (Å²) < 4.78 is 22.9. The molecule has 0 aliphatic carbocycles. The van der Waals surface area contributed by atoms with Crippen molar-refractivity contribution in [3.63, 3.8) is 0 Å². The first-order valence-electron chi connectivity index (χ1n) is 10.7. The molecule has 4 rings (SSSR count). The van der Waals surface area contributed by atoms with E-state index in [1.807, 2.05) is 9.97 Å². The highest BCUT2D eigenvalue weighted by Gasteiger charge is 2.46. The molecule has 0 radical (unpaired) electrons. The largest absolute Gasteiger partial charge is 0.387 e. The van der Waals surface area contributed by atoms with Crippen molar-refractivity contribution in [1.29, 1.82) is 0 Å². The van der Waals surface area contributed by atoms with Crippen LogP contribution in [0.2, 0.25) is 0 Å². The van der Waals surface area contributed by atoms with E-state index in [4.69, 9.17) is 30.3 Å². The molecule has 8 atom stereocenters. The van der Waals surface area contributed by atoms with Crippen molar-refractivity contribution < 1.29 is 43.8 Å². The second-order valence-corrected chi connectivity index (χ2v) is 11.0. The van der Waals surface area contributed by atoms with Crippen molar-refractivity contribution in [2.75, 3.05) is 13.2 Å². The molecule has 0 aromatic carbocycles. The third-order valence-electron chi connectivity index (χ3n) is 5.73. The summed E-state index contributed by atoms with van der Waals surface area (Å²) in [6, 6.07) is 2.03. The SMILES string of the molecule is O=c1ccn([C@@H]2O[C@H](COP(O)(=S)OC[C@H]3O[C@@H](n4ccc(=O)[nH]c4=O)[C@H](O)[C@@H]3O)[C@@H](O)[C@H]2O)c(=O)[nH]1. The lowest BCUT2D eigenvalue weighted by Crippen LogP contribution is -2.37. The Morgan fingerprint density at radius 3 is 1.51 bits per heavy atom. The van der Waals surface area contributed by atoms with Crippen LogP contribution in [-0.2, 0) is 30.3 Å². The van der Waals surface area contributed by atoms with Crippen molar-refractivity contribution in [3.05, 3.63) is 66.2 Å². The highest BCUT2D eigenvalue weighted by atomic mass is 32.5. The molecule has 2 aromatic heterocycles. The van der Waals surface area contributed by atoms with Gasteiger partial charge < -0.3 is 43.8 Å². The predicted molar refractivity (Wildman–Crippen MR) is 123 cm³/mol. The monoisotopic (exact) mass is 566 g/mol. The van der Waals surface area contributed by atoms with Gasteiger partial charge in [-0.2, -0.15) is 0 Å². The zero-order valence-electron chi connectivity index (χ0n) is 18.6. The summed E-state index contributed by atoms with van der Waals surface area (Å²) in [7, 11) is 0. The Morgan fingerprint density at radius 2 is 1.16 bits per heavy atom. The Kier molecular flexibility index (Phi) is 8.07. The Bertz CT molecular complexity index is 1310. The molecule has 2 aromatic rings. The standard InChI is InChI=1S/C18H23N4O13PS/c23-9-1-3-21(17(29)19-9)15-13(27)11(25)7(34-15)5-32-36(31,37)33-6-8-12(26)14(28)16(35-8)22-4-2-10(24)20-18(22)30/h1-4,7-8,11-16,25-28H,5-6H2,(H,31,37)(H,19,23,29)(H,20,24,30)/t7-,8-,11-,12-,13-,14-,15-,16-/m1/s1. The van der Waals surface area contributed by atoms with Crippen LogP contribution in [-0.4, -0.2) is 94.3 Å². The third kappa shape index (κ3) is 5.89. The van der Waals surface area contributed by atoms with E-state index in [1.54, 1.807) is 0 Å². The minimum Gasteiger partial charge on any atom is -0.387 e. The molecule has 0 saturated carbocycles. The summed E-state index contributed by atoms with van der Waals surface area (Å²) in [6.45, 7) is -5.20. The van der Waals surface area contributed by atoms with Crippen molar-refractivity contribution >= 4 is 18.5 Å². The number of H-pyrrole nitrogens is 2. The first-order valence-corrected chi connectivity index (χ1v) is 13.2. The highest BCUT2D eigenvalue weighted by molar-refractivity contribution is 8.07. The van der Waals surface area contributed by atoms with Crippen LogP contribution in [0.15, 0.2) is 43.7 Å². The number of aliphatic hydroxyl groups is 4. The number of aromatic amines is 2. The molecule has 0 spiro atoms. The smallest absolute Gasteiger partial charge is 0.330 e. The van der Waals surface area contributed by atoms with Gasteiger partial charge in [-0.1, -0.05) is 0 Å². The average molecular weight is 566 g/mol. The maximum atomic E-state index is 12.0. The summed E-state index contributed by atoms with van der Waals surface area (Å²) >= 11 is 4.90. The van der Waals surface area contributed by atoms with Crippen molar-refractivity contribution in [1.82, 2.24) is 19.1 Å². The lowest BCUT2D eigenvalue weighted by Gasteiger charge is -2.22. The van der Waals surface area contributed by atoms with Crippen LogP contribution in [0, 0.1) is 0 Å². The minimum atomic E-state index is -4.05. The lowest BCUT2D eigenvalue weighted by atomic mass is 10.1. The normalized spacial score (nSPS) is 33.4. The fourth-order valence-electron chi connectivity index (χ4n) is 3.82. The minimum absolute atomic E-state index is 0.577. The van der Waals surface area contributed by atoms with Crippen LogP contribution in [0.4, 0.5) is 0 Å². The molecule has 4 heterocycles. The van der Waals surface area contributed by atoms with E-state index >= 15 is 0 Å². The molecule has 2 aliphatic rings. The Balaban J connectivity index is 1.34. The van der Waals surface area contributed by atoms with Gasteiger partial charge in [-0.25, -0.2) is 9.59 Å². The number of hydrogen-bond acceptors (Lipinski definition) is 13. The van der Waals surface area contributed by atoms with Gasteiger partial charge in [-0.15, -0.1) is 0 Å². The number of aliphatic hydroxyl groups excluding tert-OH is 4. The van der Waals surface area contributed by atoms with Gasteiger partial charge in [0.15, 0.2) is 12.5 Å². The van der Waals surface area contributed by atoms with Crippen molar-refractivity contribution in [3.8, 4) is 0 Å². The van der Waals surface area contributed by atoms with Crippen LogP contribution < -0.4 is 22.5 Å². The molecule has 0 amide bonds. The molecule has 17 nitrogen and oxygen atoms in total. The highest BCUT2D eigenvalue weighted by Crippen LogP contribution is 2.45. The van der Waals surface area contributed by atoms with Gasteiger partial charge in [0.05, 0.1) is 13.2 Å². The molecule has 2 saturated heterocycles. The molecule has 2 aliphatic heterocycles. The Hall–Kier alpha value is -2.35. The first kappa shape index (κ1) is 27.7. The summed E-state index contributed by atoms with van der Waals surface area (Å²) in [5, 5.41) is 41.0. The van der Waals surface area contributed by atoms with Crippen LogP contribution in [0.3, 0.4) is 0 Å². The molecule has 2 fully saturated rings. The summed E-state index contributed by atoms with van der Waals surface area (Å²) in [4.78, 5) is 60.7. The lowest BCUT2D eigenvalue weighted by molar-refractivity contribution is -0.0606. The first-order chi connectivity index (χ1) is 17.4. The zero-order chi connectivity index (χ0) is 27.1. The molecular formula is C18H23N4O13PS. The molecule has 19 heteroatoms. The Morgan fingerprint density at radius 1 is 0.784 bits per heavy atom. The van der Waals surface area contributed by atoms with E-state index in [0.29, 0.717) is 0 Å². The van der Waals surface area contributed by atoms with E-state index in [2.05, 4.69) is 0 Å². The number of hydrogen-bond donors (Lipinski definition) is 7. The van der Waals surface area contributed by atoms with Gasteiger partial charge in [-0.3, -0.25) is 28.7 Å². The number of rotatable bonds is 8. The number of nitrogens with zero attached hydrogens (tertiary/aromatic N) is 2. The maximum absolute atomic E-state index is 12.0. The van der Waals surface area contributed by atoms with Gasteiger partial charge in [0, 0.05) is 24.5 Å². The van der Waals surface area contributed by atoms with Gasteiger partial charge in [0.25, 0.3) is 11.1 Å². The fraction of sp³-hybridized carbons (Fsp3) is 0.556. The second-order valence-electron chi connectivity index (χ2n) is 8.19. The van der Waals surface area contributed by atoms with Crippen molar-refractivity contribution in [2.45, 2.75) is 49.1 Å². The molecule has 204 valence electrons. The molecule has 37 heavy (non-hydrogen) atoms. The van der Waals surface area contributed by atoms with Gasteiger partial charge >= 0.3 is 18.1 Å². The Labute approximate surface area is 210 Å². The fourth-order valence-corrected chi connectivity index (χ4v) is 4.93. The predicted octanol–water partition coefficient (Wildman–Crippen LogP) is -4.42. The second kappa shape index (κ2) is 10.8. The van der Waals surface area contributed by atoms with Crippen LogP contribution in [0.1, 0.15) is 12.5 Å².